The highest BCUT2D eigenvalue weighted by atomic mass is 35.5. The molecule has 152 valence electrons. The second kappa shape index (κ2) is 21.9. The van der Waals surface area contributed by atoms with Gasteiger partial charge in [-0.1, -0.05) is 0 Å². The molecule has 0 spiro atoms. The van der Waals surface area contributed by atoms with Crippen LogP contribution in [0, 0.1) is 0 Å². The molecule has 0 fully saturated rings. The zero-order valence-electron chi connectivity index (χ0n) is 15.1. The molecule has 0 rings (SSSR count). The molecular formula is C16H25Cl3O7. The Balaban J connectivity index is -0.000000315. The predicted molar refractivity (Wildman–Crippen MR) is 99.7 cm³/mol. The highest BCUT2D eigenvalue weighted by Crippen LogP contribution is 1.97. The van der Waals surface area contributed by atoms with Crippen molar-refractivity contribution in [2.75, 3.05) is 26.0 Å². The van der Waals surface area contributed by atoms with Crippen molar-refractivity contribution in [2.45, 2.75) is 45.4 Å². The second-order valence-electron chi connectivity index (χ2n) is 4.69. The van der Waals surface area contributed by atoms with Crippen molar-refractivity contribution >= 4 is 63.6 Å². The van der Waals surface area contributed by atoms with Crippen LogP contribution in [0.25, 0.3) is 0 Å². The number of methoxy groups -OCH3 is 2. The maximum Gasteiger partial charge on any atom is 0.313 e. The Morgan fingerprint density at radius 3 is 1.46 bits per heavy atom. The SMILES string of the molecule is COC(=O)CC(=O)CCCCl.COC(=O)CC(C)=O.O=C(Cl)CCCCl. The monoisotopic (exact) mass is 434 g/mol. The fourth-order valence-electron chi connectivity index (χ4n) is 1.07. The van der Waals surface area contributed by atoms with Gasteiger partial charge in [0.05, 0.1) is 14.2 Å². The van der Waals surface area contributed by atoms with Crippen LogP contribution in [0.5, 0.6) is 0 Å². The number of Topliss-reactive ketones (excluding diaryl/α,β-unsaturated/α-hetero) is 2. The summed E-state index contributed by atoms with van der Waals surface area (Å²) in [7, 11) is 2.52. The van der Waals surface area contributed by atoms with E-state index in [4.69, 9.17) is 34.8 Å². The van der Waals surface area contributed by atoms with E-state index < -0.39 is 11.9 Å². The molecule has 0 bridgehead atoms. The number of halogens is 3. The van der Waals surface area contributed by atoms with Crippen LogP contribution in [0.1, 0.15) is 45.4 Å². The fraction of sp³-hybridized carbons (Fsp3) is 0.688. The fourth-order valence-corrected chi connectivity index (χ4v) is 1.47. The third-order valence-corrected chi connectivity index (χ3v) is 3.01. The van der Waals surface area contributed by atoms with Gasteiger partial charge in [0, 0.05) is 24.6 Å². The number of hydrogen-bond donors (Lipinski definition) is 0. The minimum absolute atomic E-state index is 0.113. The first-order chi connectivity index (χ1) is 12.1. The Labute approximate surface area is 168 Å². The van der Waals surface area contributed by atoms with Gasteiger partial charge in [0.15, 0.2) is 0 Å². The number of carbonyl (C=O) groups excluding carboxylic acids is 5. The lowest BCUT2D eigenvalue weighted by atomic mass is 10.2. The Morgan fingerprint density at radius 2 is 1.19 bits per heavy atom. The van der Waals surface area contributed by atoms with Gasteiger partial charge in [-0.3, -0.25) is 24.0 Å². The van der Waals surface area contributed by atoms with Crippen molar-refractivity contribution in [3.63, 3.8) is 0 Å². The van der Waals surface area contributed by atoms with Crippen LogP contribution in [-0.2, 0) is 33.4 Å². The zero-order chi connectivity index (χ0) is 21.0. The van der Waals surface area contributed by atoms with Crippen molar-refractivity contribution in [3.05, 3.63) is 0 Å². The smallest absolute Gasteiger partial charge is 0.313 e. The summed E-state index contributed by atoms with van der Waals surface area (Å²) in [6.07, 6.45) is 1.81. The third-order valence-electron chi connectivity index (χ3n) is 2.29. The zero-order valence-corrected chi connectivity index (χ0v) is 17.4. The summed E-state index contributed by atoms with van der Waals surface area (Å²) in [5.41, 5.74) is 0. The maximum atomic E-state index is 10.8. The van der Waals surface area contributed by atoms with Crippen LogP contribution in [0.4, 0.5) is 0 Å². The van der Waals surface area contributed by atoms with Crippen LogP contribution in [0.15, 0.2) is 0 Å². The van der Waals surface area contributed by atoms with Gasteiger partial charge in [-0.05, 0) is 31.4 Å². The van der Waals surface area contributed by atoms with E-state index in [0.29, 0.717) is 37.4 Å². The van der Waals surface area contributed by atoms with Gasteiger partial charge in [0.2, 0.25) is 5.24 Å². The van der Waals surface area contributed by atoms with E-state index in [9.17, 15) is 24.0 Å². The summed E-state index contributed by atoms with van der Waals surface area (Å²) < 4.78 is 8.51. The molecule has 0 radical (unpaired) electrons. The first kappa shape index (κ1) is 29.6. The van der Waals surface area contributed by atoms with Crippen LogP contribution in [0.2, 0.25) is 0 Å². The highest BCUT2D eigenvalue weighted by Gasteiger charge is 2.07. The van der Waals surface area contributed by atoms with Crippen LogP contribution >= 0.6 is 34.8 Å². The van der Waals surface area contributed by atoms with Gasteiger partial charge in [-0.15, -0.1) is 23.2 Å². The quantitative estimate of drug-likeness (QED) is 0.225. The van der Waals surface area contributed by atoms with Crippen molar-refractivity contribution in [1.29, 1.82) is 0 Å². The molecule has 0 amide bonds. The number of ketones is 2. The summed E-state index contributed by atoms with van der Waals surface area (Å²) in [6, 6.07) is 0. The summed E-state index contributed by atoms with van der Waals surface area (Å²) in [4.78, 5) is 51.5. The van der Waals surface area contributed by atoms with E-state index in [2.05, 4.69) is 9.47 Å². The molecule has 10 heteroatoms. The van der Waals surface area contributed by atoms with E-state index in [1.807, 2.05) is 0 Å². The van der Waals surface area contributed by atoms with E-state index >= 15 is 0 Å². The van der Waals surface area contributed by atoms with Gasteiger partial charge in [-0.2, -0.15) is 0 Å². The van der Waals surface area contributed by atoms with Gasteiger partial charge >= 0.3 is 11.9 Å². The van der Waals surface area contributed by atoms with E-state index in [0.717, 1.165) is 0 Å². The van der Waals surface area contributed by atoms with Gasteiger partial charge in [-0.25, -0.2) is 0 Å². The average Bonchev–Trinajstić information content (AvgIpc) is 2.58. The van der Waals surface area contributed by atoms with E-state index in [-0.39, 0.29) is 29.7 Å². The lowest BCUT2D eigenvalue weighted by molar-refractivity contribution is -0.144. The van der Waals surface area contributed by atoms with Crippen LogP contribution in [-0.4, -0.2) is 54.7 Å². The van der Waals surface area contributed by atoms with Crippen molar-refractivity contribution in [3.8, 4) is 0 Å². The van der Waals surface area contributed by atoms with Gasteiger partial charge < -0.3 is 9.47 Å². The molecule has 7 nitrogen and oxygen atoms in total. The highest BCUT2D eigenvalue weighted by molar-refractivity contribution is 6.63. The Hall–Kier alpha value is -1.18. The van der Waals surface area contributed by atoms with Gasteiger partial charge in [0.25, 0.3) is 0 Å². The average molecular weight is 436 g/mol. The summed E-state index contributed by atoms with van der Waals surface area (Å²) >= 11 is 15.5. The largest absolute Gasteiger partial charge is 0.469 e. The molecule has 0 saturated heterocycles. The number of alkyl halides is 2. The third kappa shape index (κ3) is 30.7. The minimum atomic E-state index is -0.482. The normalized spacial score (nSPS) is 8.85. The second-order valence-corrected chi connectivity index (χ2v) is 5.86. The first-order valence-electron chi connectivity index (χ1n) is 7.59. The molecule has 0 aromatic heterocycles. The molecule has 0 aromatic carbocycles. The molecule has 0 heterocycles. The number of esters is 2. The van der Waals surface area contributed by atoms with Crippen LogP contribution in [0.3, 0.4) is 0 Å². The van der Waals surface area contributed by atoms with Crippen molar-refractivity contribution in [1.82, 2.24) is 0 Å². The summed E-state index contributed by atoms with van der Waals surface area (Å²) in [5.74, 6) is -0.276. The number of carbonyl (C=O) groups is 5. The summed E-state index contributed by atoms with van der Waals surface area (Å²) in [6.45, 7) is 1.34. The predicted octanol–water partition coefficient (Wildman–Crippen LogP) is 3.05. The standard InChI is InChI=1S/C7H11ClO3.C5H8O3.C4H6Cl2O/c1-11-7(10)5-6(9)3-2-4-8;1-4(6)3-5(7)8-2;5-3-1-2-4(6)7/h2-5H2,1H3;3H2,1-2H3;1-3H2. The van der Waals surface area contributed by atoms with Crippen LogP contribution < -0.4 is 0 Å². The van der Waals surface area contributed by atoms with E-state index in [1.165, 1.54) is 21.1 Å². The molecule has 0 aromatic rings. The lowest BCUT2D eigenvalue weighted by Crippen LogP contribution is -2.08. The van der Waals surface area contributed by atoms with Crippen molar-refractivity contribution in [2.24, 2.45) is 0 Å². The molecule has 0 aliphatic rings. The first-order valence-corrected chi connectivity index (χ1v) is 9.04. The molecule has 0 saturated carbocycles. The molecule has 0 N–H and O–H groups in total. The Kier molecular flexibility index (Phi) is 24.9. The minimum Gasteiger partial charge on any atom is -0.469 e. The Morgan fingerprint density at radius 1 is 0.769 bits per heavy atom. The van der Waals surface area contributed by atoms with Crippen molar-refractivity contribution < 1.29 is 33.4 Å². The lowest BCUT2D eigenvalue weighted by Gasteiger charge is -1.96. The molecular weight excluding hydrogens is 411 g/mol. The molecule has 26 heavy (non-hydrogen) atoms. The van der Waals surface area contributed by atoms with Gasteiger partial charge in [0.1, 0.15) is 24.4 Å². The molecule has 0 aliphatic heterocycles. The number of hydrogen-bond acceptors (Lipinski definition) is 7. The maximum absolute atomic E-state index is 10.8. The number of ether oxygens (including phenoxy) is 2. The summed E-state index contributed by atoms with van der Waals surface area (Å²) in [5, 5.41) is -0.305. The molecule has 0 atom stereocenters. The molecule has 0 aliphatic carbocycles. The Bertz CT molecular complexity index is 440. The topological polar surface area (TPSA) is 104 Å². The number of rotatable bonds is 10. The van der Waals surface area contributed by atoms with E-state index in [1.54, 1.807) is 0 Å². The molecule has 0 unspecified atom stereocenters.